The van der Waals surface area contributed by atoms with Crippen molar-refractivity contribution < 1.29 is 9.90 Å². The van der Waals surface area contributed by atoms with Crippen molar-refractivity contribution in [2.45, 2.75) is 6.92 Å². The van der Waals surface area contributed by atoms with Crippen LogP contribution in [0.4, 0.5) is 5.69 Å². The number of nitrogens with zero attached hydrogens (tertiary/aromatic N) is 1. The zero-order chi connectivity index (χ0) is 16.9. The number of para-hydroxylation sites is 1. The van der Waals surface area contributed by atoms with Gasteiger partial charge in [0.1, 0.15) is 11.4 Å². The van der Waals surface area contributed by atoms with Gasteiger partial charge in [0.15, 0.2) is 5.17 Å². The molecular weight excluding hydrogens is 320 g/mol. The standard InChI is InChI=1S/C19H16N2O2S/c1-13-7-5-11-15(22)17(13)20-19-21-18(23)16(24-19)12-6-10-14-8-3-2-4-9-14/h2-12,22H,1H3,(H,20,21,23)/b10-6+,16-12-. The lowest BCUT2D eigenvalue weighted by Crippen LogP contribution is -2.19. The molecule has 0 bridgehead atoms. The van der Waals surface area contributed by atoms with Crippen LogP contribution in [0.15, 0.2) is 70.6 Å². The van der Waals surface area contributed by atoms with Crippen molar-refractivity contribution in [1.29, 1.82) is 0 Å². The van der Waals surface area contributed by atoms with E-state index in [1.807, 2.05) is 55.5 Å². The molecule has 2 N–H and O–H groups in total. The van der Waals surface area contributed by atoms with Gasteiger partial charge in [0.2, 0.25) is 0 Å². The van der Waals surface area contributed by atoms with Crippen LogP contribution in [0.5, 0.6) is 5.75 Å². The second-order valence-electron chi connectivity index (χ2n) is 5.22. The van der Waals surface area contributed by atoms with E-state index >= 15 is 0 Å². The number of allylic oxidation sites excluding steroid dienone is 2. The molecule has 0 saturated carbocycles. The maximum Gasteiger partial charge on any atom is 0.264 e. The fraction of sp³-hybridized carbons (Fsp3) is 0.0526. The third-order valence-electron chi connectivity index (χ3n) is 3.42. The second-order valence-corrected chi connectivity index (χ2v) is 6.25. The predicted octanol–water partition coefficient (Wildman–Crippen LogP) is 4.15. The Kier molecular flexibility index (Phi) is 4.82. The van der Waals surface area contributed by atoms with Gasteiger partial charge in [-0.2, -0.15) is 0 Å². The highest BCUT2D eigenvalue weighted by Gasteiger charge is 2.23. The Morgan fingerprint density at radius 3 is 2.67 bits per heavy atom. The molecule has 2 aromatic rings. The molecule has 0 aliphatic carbocycles. The molecule has 5 heteroatoms. The number of hydrogen-bond donors (Lipinski definition) is 2. The normalized spacial score (nSPS) is 17.8. The van der Waals surface area contributed by atoms with Crippen molar-refractivity contribution in [3.8, 4) is 5.75 Å². The summed E-state index contributed by atoms with van der Waals surface area (Å²) in [7, 11) is 0. The van der Waals surface area contributed by atoms with Gasteiger partial charge in [0.25, 0.3) is 5.91 Å². The van der Waals surface area contributed by atoms with Crippen molar-refractivity contribution in [1.82, 2.24) is 5.32 Å². The Morgan fingerprint density at radius 2 is 1.92 bits per heavy atom. The number of amidine groups is 1. The number of carbonyl (C=O) groups is 1. The molecule has 1 saturated heterocycles. The Morgan fingerprint density at radius 1 is 1.12 bits per heavy atom. The first-order chi connectivity index (χ1) is 11.6. The van der Waals surface area contributed by atoms with E-state index in [4.69, 9.17) is 0 Å². The molecule has 0 spiro atoms. The molecule has 1 amide bonds. The summed E-state index contributed by atoms with van der Waals surface area (Å²) in [5, 5.41) is 13.1. The quantitative estimate of drug-likeness (QED) is 0.828. The van der Waals surface area contributed by atoms with Crippen LogP contribution in [0.25, 0.3) is 6.08 Å². The van der Waals surface area contributed by atoms with Crippen LogP contribution in [0.1, 0.15) is 11.1 Å². The summed E-state index contributed by atoms with van der Waals surface area (Å²) < 4.78 is 0. The summed E-state index contributed by atoms with van der Waals surface area (Å²) >= 11 is 1.25. The average molecular weight is 336 g/mol. The Balaban J connectivity index is 1.77. The summed E-state index contributed by atoms with van der Waals surface area (Å²) in [6.45, 7) is 1.86. The molecule has 1 aliphatic rings. The number of nitrogens with one attached hydrogen (secondary N) is 1. The Hall–Kier alpha value is -2.79. The van der Waals surface area contributed by atoms with Crippen molar-refractivity contribution in [2.24, 2.45) is 4.99 Å². The van der Waals surface area contributed by atoms with Gasteiger partial charge < -0.3 is 10.4 Å². The van der Waals surface area contributed by atoms with Gasteiger partial charge in [0.05, 0.1) is 4.91 Å². The topological polar surface area (TPSA) is 61.7 Å². The molecule has 3 rings (SSSR count). The summed E-state index contributed by atoms with van der Waals surface area (Å²) in [5.41, 5.74) is 2.39. The molecule has 120 valence electrons. The highest BCUT2D eigenvalue weighted by atomic mass is 32.2. The van der Waals surface area contributed by atoms with Gasteiger partial charge in [-0.15, -0.1) is 0 Å². The number of thioether (sulfide) groups is 1. The first-order valence-electron chi connectivity index (χ1n) is 7.43. The maximum atomic E-state index is 12.0. The summed E-state index contributed by atoms with van der Waals surface area (Å²) in [6.07, 6.45) is 5.53. The minimum atomic E-state index is -0.190. The zero-order valence-electron chi connectivity index (χ0n) is 13.1. The van der Waals surface area contributed by atoms with Crippen molar-refractivity contribution in [3.63, 3.8) is 0 Å². The first kappa shape index (κ1) is 16.1. The van der Waals surface area contributed by atoms with Crippen LogP contribution in [-0.4, -0.2) is 16.2 Å². The first-order valence-corrected chi connectivity index (χ1v) is 8.25. The number of amides is 1. The number of phenols is 1. The van der Waals surface area contributed by atoms with Gasteiger partial charge in [-0.25, -0.2) is 4.99 Å². The van der Waals surface area contributed by atoms with E-state index in [1.54, 1.807) is 18.2 Å². The van der Waals surface area contributed by atoms with E-state index in [1.165, 1.54) is 11.8 Å². The number of aryl methyl sites for hydroxylation is 1. The van der Waals surface area contributed by atoms with E-state index in [-0.39, 0.29) is 11.7 Å². The molecule has 1 aliphatic heterocycles. The molecule has 4 nitrogen and oxygen atoms in total. The monoisotopic (exact) mass is 336 g/mol. The molecule has 0 atom stereocenters. The molecule has 0 radical (unpaired) electrons. The van der Waals surface area contributed by atoms with Crippen LogP contribution in [0.3, 0.4) is 0 Å². The lowest BCUT2D eigenvalue weighted by Gasteiger charge is -2.03. The van der Waals surface area contributed by atoms with Crippen molar-refractivity contribution >= 4 is 34.6 Å². The number of aliphatic imine (C=N–C) groups is 1. The smallest absolute Gasteiger partial charge is 0.264 e. The number of aromatic hydroxyl groups is 1. The molecule has 0 unspecified atom stereocenters. The maximum absolute atomic E-state index is 12.0. The molecule has 1 fully saturated rings. The van der Waals surface area contributed by atoms with Crippen LogP contribution in [0.2, 0.25) is 0 Å². The van der Waals surface area contributed by atoms with Crippen LogP contribution in [0, 0.1) is 6.92 Å². The predicted molar refractivity (Wildman–Crippen MR) is 99.2 cm³/mol. The number of rotatable bonds is 3. The number of benzene rings is 2. The lowest BCUT2D eigenvalue weighted by molar-refractivity contribution is -0.115. The van der Waals surface area contributed by atoms with E-state index in [2.05, 4.69) is 10.3 Å². The molecule has 1 heterocycles. The van der Waals surface area contributed by atoms with Gasteiger partial charge in [-0.05, 0) is 42.0 Å². The number of carbonyl (C=O) groups excluding carboxylic acids is 1. The summed E-state index contributed by atoms with van der Waals surface area (Å²) in [4.78, 5) is 16.9. The van der Waals surface area contributed by atoms with Crippen molar-refractivity contribution in [3.05, 3.63) is 76.7 Å². The van der Waals surface area contributed by atoms with E-state index in [0.29, 0.717) is 15.8 Å². The molecule has 2 aromatic carbocycles. The highest BCUT2D eigenvalue weighted by Crippen LogP contribution is 2.33. The summed E-state index contributed by atoms with van der Waals surface area (Å²) in [6, 6.07) is 15.1. The van der Waals surface area contributed by atoms with Gasteiger partial charge in [0, 0.05) is 0 Å². The van der Waals surface area contributed by atoms with Crippen LogP contribution >= 0.6 is 11.8 Å². The largest absolute Gasteiger partial charge is 0.506 e. The summed E-state index contributed by atoms with van der Waals surface area (Å²) in [5.74, 6) is -0.0942. The third-order valence-corrected chi connectivity index (χ3v) is 4.34. The average Bonchev–Trinajstić information content (AvgIpc) is 2.92. The number of phenolic OH excluding ortho intramolecular Hbond substituents is 1. The zero-order valence-corrected chi connectivity index (χ0v) is 13.9. The minimum absolute atomic E-state index is 0.0961. The number of hydrogen-bond acceptors (Lipinski definition) is 4. The molecule has 24 heavy (non-hydrogen) atoms. The van der Waals surface area contributed by atoms with E-state index in [9.17, 15) is 9.90 Å². The van der Waals surface area contributed by atoms with Crippen LogP contribution in [-0.2, 0) is 4.79 Å². The Bertz CT molecular complexity index is 835. The highest BCUT2D eigenvalue weighted by molar-refractivity contribution is 8.18. The lowest BCUT2D eigenvalue weighted by atomic mass is 10.2. The fourth-order valence-electron chi connectivity index (χ4n) is 2.20. The van der Waals surface area contributed by atoms with E-state index in [0.717, 1.165) is 11.1 Å². The van der Waals surface area contributed by atoms with Gasteiger partial charge in [-0.3, -0.25) is 4.79 Å². The SMILES string of the molecule is Cc1cccc(O)c1N=C1NC(=O)/C(=C/C=C/c2ccccc2)S1. The minimum Gasteiger partial charge on any atom is -0.506 e. The third kappa shape index (κ3) is 3.75. The van der Waals surface area contributed by atoms with Gasteiger partial charge >= 0.3 is 0 Å². The molecule has 0 aromatic heterocycles. The molecular formula is C19H16N2O2S. The van der Waals surface area contributed by atoms with E-state index < -0.39 is 0 Å². The van der Waals surface area contributed by atoms with Crippen LogP contribution < -0.4 is 5.32 Å². The van der Waals surface area contributed by atoms with Crippen molar-refractivity contribution in [2.75, 3.05) is 0 Å². The van der Waals surface area contributed by atoms with Gasteiger partial charge in [-0.1, -0.05) is 54.6 Å². The Labute approximate surface area is 144 Å². The fourth-order valence-corrected chi connectivity index (χ4v) is 2.98. The second kappa shape index (κ2) is 7.19.